The van der Waals surface area contributed by atoms with Gasteiger partial charge in [-0.1, -0.05) is 49.6 Å². The van der Waals surface area contributed by atoms with E-state index in [1.165, 1.54) is 22.3 Å². The zero-order valence-corrected chi connectivity index (χ0v) is 14.1. The van der Waals surface area contributed by atoms with Crippen LogP contribution in [0.3, 0.4) is 0 Å². The number of rotatable bonds is 10. The maximum Gasteiger partial charge on any atom is 0.0679 e. The largest absolute Gasteiger partial charge is 0.377 e. The molecule has 0 aromatic rings. The molecule has 124 valence electrons. The van der Waals surface area contributed by atoms with E-state index in [9.17, 15) is 0 Å². The van der Waals surface area contributed by atoms with Crippen LogP contribution in [0.4, 0.5) is 0 Å². The maximum atomic E-state index is 5.72. The van der Waals surface area contributed by atoms with Gasteiger partial charge in [0.25, 0.3) is 0 Å². The van der Waals surface area contributed by atoms with Crippen LogP contribution < -0.4 is 0 Å². The van der Waals surface area contributed by atoms with Gasteiger partial charge in [0.05, 0.1) is 13.2 Å². The van der Waals surface area contributed by atoms with Gasteiger partial charge in [0.1, 0.15) is 0 Å². The Morgan fingerprint density at radius 1 is 0.739 bits per heavy atom. The number of hydrogen-bond donors (Lipinski definition) is 0. The Labute approximate surface area is 140 Å². The van der Waals surface area contributed by atoms with Gasteiger partial charge in [-0.15, -0.1) is 0 Å². The molecule has 0 radical (unpaired) electrons. The normalized spacial score (nSPS) is 17.7. The highest BCUT2D eigenvalue weighted by Gasteiger charge is 2.05. The van der Waals surface area contributed by atoms with Crippen molar-refractivity contribution < 1.29 is 9.47 Å². The molecule has 0 unspecified atom stereocenters. The summed E-state index contributed by atoms with van der Waals surface area (Å²) in [4.78, 5) is 0. The molecule has 0 aromatic heterocycles. The van der Waals surface area contributed by atoms with Gasteiger partial charge in [-0.05, 0) is 54.4 Å². The van der Waals surface area contributed by atoms with Crippen molar-refractivity contribution in [1.29, 1.82) is 0 Å². The highest BCUT2D eigenvalue weighted by atomic mass is 16.5. The molecule has 2 heteroatoms. The average Bonchev–Trinajstić information content (AvgIpc) is 2.62. The third kappa shape index (κ3) is 6.55. The van der Waals surface area contributed by atoms with Crippen LogP contribution in [0.2, 0.25) is 0 Å². The summed E-state index contributed by atoms with van der Waals surface area (Å²) in [5, 5.41) is 0. The Morgan fingerprint density at radius 2 is 1.22 bits per heavy atom. The summed E-state index contributed by atoms with van der Waals surface area (Å²) in [7, 11) is 0. The van der Waals surface area contributed by atoms with Crippen molar-refractivity contribution in [2.75, 3.05) is 26.4 Å². The Morgan fingerprint density at radius 3 is 1.57 bits per heavy atom. The predicted molar refractivity (Wildman–Crippen MR) is 97.4 cm³/mol. The van der Waals surface area contributed by atoms with Crippen molar-refractivity contribution in [3.8, 4) is 0 Å². The molecule has 0 saturated carbocycles. The van der Waals surface area contributed by atoms with Gasteiger partial charge in [0.2, 0.25) is 0 Å². The van der Waals surface area contributed by atoms with Gasteiger partial charge >= 0.3 is 0 Å². The van der Waals surface area contributed by atoms with Crippen LogP contribution >= 0.6 is 0 Å². The topological polar surface area (TPSA) is 18.5 Å². The fourth-order valence-electron chi connectivity index (χ4n) is 2.64. The first-order valence-electron chi connectivity index (χ1n) is 8.49. The summed E-state index contributed by atoms with van der Waals surface area (Å²) in [6.45, 7) is 10.6. The number of allylic oxidation sites excluding steroid dienone is 8. The van der Waals surface area contributed by atoms with E-state index in [0.29, 0.717) is 0 Å². The highest BCUT2D eigenvalue weighted by Crippen LogP contribution is 2.20. The number of hydrogen-bond acceptors (Lipinski definition) is 2. The Balaban J connectivity index is 1.50. The molecule has 0 spiro atoms. The van der Waals surface area contributed by atoms with E-state index in [1.807, 2.05) is 12.2 Å². The minimum absolute atomic E-state index is 0.737. The second kappa shape index (κ2) is 10.2. The number of ether oxygens (including phenoxy) is 2. The van der Waals surface area contributed by atoms with Crippen molar-refractivity contribution in [2.24, 2.45) is 0 Å². The zero-order chi connectivity index (χ0) is 16.3. The molecule has 0 N–H and O–H groups in total. The first-order valence-corrected chi connectivity index (χ1v) is 8.49. The standard InChI is InChI=1S/C21H28O2/c1-3-18-6-10-20(11-7-18)16-22-14-5-15-23-17-21-12-8-19(4-2)9-13-21/h3-4,6,8,10,12H,1-2,5,7,9,11,13-17H2. The van der Waals surface area contributed by atoms with E-state index >= 15 is 0 Å². The van der Waals surface area contributed by atoms with Crippen molar-refractivity contribution >= 4 is 0 Å². The van der Waals surface area contributed by atoms with Crippen molar-refractivity contribution in [3.05, 3.63) is 71.9 Å². The molecule has 0 amide bonds. The Hall–Kier alpha value is -1.64. The molecule has 0 fully saturated rings. The average molecular weight is 312 g/mol. The lowest BCUT2D eigenvalue weighted by Crippen LogP contribution is -2.07. The summed E-state index contributed by atoms with van der Waals surface area (Å²) in [6, 6.07) is 0. The Kier molecular flexibility index (Phi) is 7.85. The molecule has 0 saturated heterocycles. The minimum atomic E-state index is 0.737. The van der Waals surface area contributed by atoms with Gasteiger partial charge in [-0.2, -0.15) is 0 Å². The second-order valence-corrected chi connectivity index (χ2v) is 6.00. The summed E-state index contributed by atoms with van der Waals surface area (Å²) >= 11 is 0. The van der Waals surface area contributed by atoms with E-state index in [-0.39, 0.29) is 0 Å². The third-order valence-corrected chi connectivity index (χ3v) is 4.21. The summed E-state index contributed by atoms with van der Waals surface area (Å²) in [5.41, 5.74) is 5.37. The van der Waals surface area contributed by atoms with Crippen LogP contribution in [0, 0.1) is 0 Å². The third-order valence-electron chi connectivity index (χ3n) is 4.21. The zero-order valence-electron chi connectivity index (χ0n) is 14.1. The molecule has 0 aromatic carbocycles. The van der Waals surface area contributed by atoms with E-state index < -0.39 is 0 Å². The van der Waals surface area contributed by atoms with Gasteiger partial charge in [0, 0.05) is 13.2 Å². The van der Waals surface area contributed by atoms with Gasteiger partial charge in [-0.25, -0.2) is 0 Å². The fraction of sp³-hybridized carbons (Fsp3) is 0.429. The van der Waals surface area contributed by atoms with E-state index in [4.69, 9.17) is 9.47 Å². The lowest BCUT2D eigenvalue weighted by Gasteiger charge is -2.14. The van der Waals surface area contributed by atoms with E-state index in [2.05, 4.69) is 37.5 Å². The molecule has 23 heavy (non-hydrogen) atoms. The summed E-state index contributed by atoms with van der Waals surface area (Å²) < 4.78 is 11.4. The van der Waals surface area contributed by atoms with Crippen LogP contribution in [0.5, 0.6) is 0 Å². The molecule has 2 rings (SSSR count). The smallest absolute Gasteiger partial charge is 0.0679 e. The van der Waals surface area contributed by atoms with Crippen LogP contribution in [0.1, 0.15) is 32.1 Å². The summed E-state index contributed by atoms with van der Waals surface area (Å²) in [5.74, 6) is 0. The quantitative estimate of drug-likeness (QED) is 0.524. The van der Waals surface area contributed by atoms with E-state index in [1.54, 1.807) is 0 Å². The molecule has 0 atom stereocenters. The van der Waals surface area contributed by atoms with Crippen LogP contribution in [-0.4, -0.2) is 26.4 Å². The molecule has 2 aliphatic rings. The molecular formula is C21H28O2. The molecule has 0 bridgehead atoms. The lowest BCUT2D eigenvalue weighted by atomic mass is 9.99. The lowest BCUT2D eigenvalue weighted by molar-refractivity contribution is 0.0997. The van der Waals surface area contributed by atoms with Gasteiger partial charge in [0.15, 0.2) is 0 Å². The molecular weight excluding hydrogens is 284 g/mol. The van der Waals surface area contributed by atoms with E-state index in [0.717, 1.165) is 58.5 Å². The van der Waals surface area contributed by atoms with Crippen molar-refractivity contribution in [3.63, 3.8) is 0 Å². The van der Waals surface area contributed by atoms with Crippen molar-refractivity contribution in [1.82, 2.24) is 0 Å². The second-order valence-electron chi connectivity index (χ2n) is 6.00. The fourth-order valence-corrected chi connectivity index (χ4v) is 2.64. The summed E-state index contributed by atoms with van der Waals surface area (Å²) in [6.07, 6.45) is 17.8. The highest BCUT2D eigenvalue weighted by molar-refractivity contribution is 5.30. The van der Waals surface area contributed by atoms with Crippen LogP contribution in [0.25, 0.3) is 0 Å². The van der Waals surface area contributed by atoms with Crippen LogP contribution in [0.15, 0.2) is 71.9 Å². The molecule has 0 heterocycles. The molecule has 2 aliphatic carbocycles. The van der Waals surface area contributed by atoms with Gasteiger partial charge in [-0.3, -0.25) is 0 Å². The Bertz CT molecular complexity index is 484. The minimum Gasteiger partial charge on any atom is -0.377 e. The predicted octanol–water partition coefficient (Wildman–Crippen LogP) is 5.07. The SMILES string of the molecule is C=CC1=CC=C(COCCCOCC2=CC=C(C=C)CC2)CC1. The first kappa shape index (κ1) is 17.7. The van der Waals surface area contributed by atoms with Crippen molar-refractivity contribution in [2.45, 2.75) is 32.1 Å². The van der Waals surface area contributed by atoms with Crippen LogP contribution in [-0.2, 0) is 9.47 Å². The van der Waals surface area contributed by atoms with Gasteiger partial charge < -0.3 is 9.47 Å². The molecule has 0 aliphatic heterocycles. The monoisotopic (exact) mass is 312 g/mol. The molecule has 2 nitrogen and oxygen atoms in total. The maximum absolute atomic E-state index is 5.72. The first-order chi connectivity index (χ1) is 11.3.